The molecule has 0 aliphatic carbocycles. The number of hydrogen-bond acceptors (Lipinski definition) is 4. The second-order valence-corrected chi connectivity index (χ2v) is 9.97. The van der Waals surface area contributed by atoms with Crippen molar-refractivity contribution in [1.29, 1.82) is 0 Å². The van der Waals surface area contributed by atoms with Crippen molar-refractivity contribution in [3.05, 3.63) is 106 Å². The molecule has 158 valence electrons. The van der Waals surface area contributed by atoms with E-state index in [-0.39, 0.29) is 11.8 Å². The predicted octanol–water partition coefficient (Wildman–Crippen LogP) is 7.41. The standard InChI is InChI=1S/C27H22N2OS2/c1-17-18(2)31-27(23(17)26-28-21-15-9-10-16-22(21)32-26)29-25(30)24(19-11-5-3-6-12-19)20-13-7-4-8-14-20/h3-16,24H,1-2H3,(H,29,30). The zero-order chi connectivity index (χ0) is 22.1. The summed E-state index contributed by atoms with van der Waals surface area (Å²) in [6.45, 7) is 4.20. The lowest BCUT2D eigenvalue weighted by atomic mass is 9.90. The molecule has 3 aromatic carbocycles. The van der Waals surface area contributed by atoms with Crippen molar-refractivity contribution in [2.45, 2.75) is 19.8 Å². The number of nitrogens with one attached hydrogen (secondary N) is 1. The van der Waals surface area contributed by atoms with E-state index >= 15 is 0 Å². The third kappa shape index (κ3) is 3.85. The van der Waals surface area contributed by atoms with Gasteiger partial charge in [-0.2, -0.15) is 0 Å². The van der Waals surface area contributed by atoms with E-state index < -0.39 is 0 Å². The molecule has 0 saturated heterocycles. The summed E-state index contributed by atoms with van der Waals surface area (Å²) in [4.78, 5) is 19.7. The number of rotatable bonds is 5. The Morgan fingerprint density at radius 3 is 2.03 bits per heavy atom. The van der Waals surface area contributed by atoms with E-state index in [2.05, 4.69) is 25.2 Å². The number of aromatic nitrogens is 1. The molecule has 1 N–H and O–H groups in total. The molecule has 0 bridgehead atoms. The molecule has 0 spiro atoms. The highest BCUT2D eigenvalue weighted by Crippen LogP contribution is 2.43. The molecule has 0 radical (unpaired) electrons. The number of carbonyl (C=O) groups is 1. The smallest absolute Gasteiger partial charge is 0.237 e. The quantitative estimate of drug-likeness (QED) is 0.300. The third-order valence-electron chi connectivity index (χ3n) is 5.66. The molecule has 3 nitrogen and oxygen atoms in total. The first-order valence-corrected chi connectivity index (χ1v) is 12.1. The largest absolute Gasteiger partial charge is 0.316 e. The van der Waals surface area contributed by atoms with Crippen molar-refractivity contribution in [2.24, 2.45) is 0 Å². The minimum Gasteiger partial charge on any atom is -0.316 e. The van der Waals surface area contributed by atoms with Gasteiger partial charge in [0.2, 0.25) is 5.91 Å². The van der Waals surface area contributed by atoms with Crippen LogP contribution >= 0.6 is 22.7 Å². The average molecular weight is 455 g/mol. The molecule has 0 atom stereocenters. The number of thiophene rings is 1. The molecule has 0 unspecified atom stereocenters. The summed E-state index contributed by atoms with van der Waals surface area (Å²) in [6.07, 6.45) is 0. The summed E-state index contributed by atoms with van der Waals surface area (Å²) in [5.41, 5.74) is 5.13. The minimum atomic E-state index is -0.386. The summed E-state index contributed by atoms with van der Waals surface area (Å²) < 4.78 is 1.15. The van der Waals surface area contributed by atoms with Crippen LogP contribution in [-0.2, 0) is 4.79 Å². The van der Waals surface area contributed by atoms with Gasteiger partial charge < -0.3 is 5.32 Å². The number of nitrogens with zero attached hydrogens (tertiary/aromatic N) is 1. The first-order valence-electron chi connectivity index (χ1n) is 10.5. The number of benzene rings is 3. The Hall–Kier alpha value is -3.28. The summed E-state index contributed by atoms with van der Waals surface area (Å²) in [6, 6.07) is 28.0. The fraction of sp³-hybridized carbons (Fsp3) is 0.111. The molecular weight excluding hydrogens is 432 g/mol. The fourth-order valence-corrected chi connectivity index (χ4v) is 6.13. The van der Waals surface area contributed by atoms with E-state index in [4.69, 9.17) is 4.98 Å². The van der Waals surface area contributed by atoms with Crippen molar-refractivity contribution >= 4 is 43.8 Å². The van der Waals surface area contributed by atoms with Gasteiger partial charge in [-0.15, -0.1) is 22.7 Å². The van der Waals surface area contributed by atoms with Gasteiger partial charge in [0.25, 0.3) is 0 Å². The van der Waals surface area contributed by atoms with Gasteiger partial charge in [-0.3, -0.25) is 4.79 Å². The lowest BCUT2D eigenvalue weighted by molar-refractivity contribution is -0.116. The number of amides is 1. The lowest BCUT2D eigenvalue weighted by Gasteiger charge is -2.18. The molecule has 1 amide bonds. The normalized spacial score (nSPS) is 11.2. The topological polar surface area (TPSA) is 42.0 Å². The zero-order valence-electron chi connectivity index (χ0n) is 17.8. The van der Waals surface area contributed by atoms with Crippen molar-refractivity contribution in [3.63, 3.8) is 0 Å². The van der Waals surface area contributed by atoms with Gasteiger partial charge in [0.15, 0.2) is 0 Å². The first kappa shape index (κ1) is 20.6. The molecular formula is C27H22N2OS2. The zero-order valence-corrected chi connectivity index (χ0v) is 19.5. The second kappa shape index (κ2) is 8.69. The third-order valence-corrected chi connectivity index (χ3v) is 7.83. The number of aryl methyl sites for hydroxylation is 1. The Morgan fingerprint density at radius 1 is 0.812 bits per heavy atom. The highest BCUT2D eigenvalue weighted by atomic mass is 32.1. The van der Waals surface area contributed by atoms with E-state index in [0.717, 1.165) is 36.9 Å². The van der Waals surface area contributed by atoms with Crippen molar-refractivity contribution in [2.75, 3.05) is 5.32 Å². The van der Waals surface area contributed by atoms with Gasteiger partial charge in [-0.05, 0) is 42.7 Å². The molecule has 5 rings (SSSR count). The van der Waals surface area contributed by atoms with E-state index in [1.165, 1.54) is 10.4 Å². The van der Waals surface area contributed by atoms with Gasteiger partial charge in [-0.25, -0.2) is 4.98 Å². The Balaban J connectivity index is 1.56. The maximum atomic E-state index is 13.7. The fourth-order valence-electron chi connectivity index (χ4n) is 3.92. The molecule has 0 fully saturated rings. The molecule has 5 heteroatoms. The second-order valence-electron chi connectivity index (χ2n) is 7.72. The first-order chi connectivity index (χ1) is 15.6. The highest BCUT2D eigenvalue weighted by molar-refractivity contribution is 7.22. The molecule has 5 aromatic rings. The van der Waals surface area contributed by atoms with Gasteiger partial charge in [0.1, 0.15) is 10.0 Å². The molecule has 0 aliphatic rings. The van der Waals surface area contributed by atoms with Crippen LogP contribution in [0, 0.1) is 13.8 Å². The van der Waals surface area contributed by atoms with Gasteiger partial charge in [0, 0.05) is 10.4 Å². The maximum Gasteiger partial charge on any atom is 0.237 e. The van der Waals surface area contributed by atoms with E-state index in [1.54, 1.807) is 22.7 Å². The Kier molecular flexibility index (Phi) is 5.60. The highest BCUT2D eigenvalue weighted by Gasteiger charge is 2.26. The summed E-state index contributed by atoms with van der Waals surface area (Å²) >= 11 is 3.28. The SMILES string of the molecule is Cc1sc(NC(=O)C(c2ccccc2)c2ccccc2)c(-c2nc3ccccc3s2)c1C. The molecule has 0 saturated carbocycles. The molecule has 2 aromatic heterocycles. The summed E-state index contributed by atoms with van der Waals surface area (Å²) in [7, 11) is 0. The summed E-state index contributed by atoms with van der Waals surface area (Å²) in [5, 5.41) is 5.06. The Morgan fingerprint density at radius 2 is 1.41 bits per heavy atom. The van der Waals surface area contributed by atoms with E-state index in [1.807, 2.05) is 78.9 Å². The van der Waals surface area contributed by atoms with Gasteiger partial charge in [0.05, 0.1) is 16.1 Å². The van der Waals surface area contributed by atoms with Crippen LogP contribution in [0.2, 0.25) is 0 Å². The van der Waals surface area contributed by atoms with E-state index in [9.17, 15) is 4.79 Å². The number of fused-ring (bicyclic) bond motifs is 1. The van der Waals surface area contributed by atoms with Crippen molar-refractivity contribution in [3.8, 4) is 10.6 Å². The number of para-hydroxylation sites is 1. The average Bonchev–Trinajstić information content (AvgIpc) is 3.35. The minimum absolute atomic E-state index is 0.0361. The van der Waals surface area contributed by atoms with Crippen LogP contribution < -0.4 is 5.32 Å². The number of carbonyl (C=O) groups excluding carboxylic acids is 1. The van der Waals surface area contributed by atoms with Crippen LogP contribution in [0.15, 0.2) is 84.9 Å². The van der Waals surface area contributed by atoms with Crippen molar-refractivity contribution < 1.29 is 4.79 Å². The van der Waals surface area contributed by atoms with Crippen LogP contribution in [0.25, 0.3) is 20.8 Å². The van der Waals surface area contributed by atoms with Crippen LogP contribution in [0.4, 0.5) is 5.00 Å². The van der Waals surface area contributed by atoms with Gasteiger partial charge in [-0.1, -0.05) is 72.8 Å². The predicted molar refractivity (Wildman–Crippen MR) is 136 cm³/mol. The monoisotopic (exact) mass is 454 g/mol. The number of hydrogen-bond donors (Lipinski definition) is 1. The van der Waals surface area contributed by atoms with Crippen molar-refractivity contribution in [1.82, 2.24) is 4.98 Å². The van der Waals surface area contributed by atoms with Gasteiger partial charge >= 0.3 is 0 Å². The van der Waals surface area contributed by atoms with Crippen LogP contribution in [0.5, 0.6) is 0 Å². The molecule has 0 aliphatic heterocycles. The summed E-state index contributed by atoms with van der Waals surface area (Å²) in [5.74, 6) is -0.422. The lowest BCUT2D eigenvalue weighted by Crippen LogP contribution is -2.22. The van der Waals surface area contributed by atoms with Crippen LogP contribution in [0.1, 0.15) is 27.5 Å². The Bertz CT molecular complexity index is 1310. The molecule has 32 heavy (non-hydrogen) atoms. The number of thiazole rings is 1. The molecule has 2 heterocycles. The Labute approximate surface area is 195 Å². The number of anilines is 1. The van der Waals surface area contributed by atoms with Crippen LogP contribution in [0.3, 0.4) is 0 Å². The van der Waals surface area contributed by atoms with E-state index in [0.29, 0.717) is 0 Å². The maximum absolute atomic E-state index is 13.7. The van der Waals surface area contributed by atoms with Crippen LogP contribution in [-0.4, -0.2) is 10.9 Å².